The molecule has 1 fully saturated rings. The van der Waals surface area contributed by atoms with Gasteiger partial charge in [0, 0.05) is 17.0 Å². The van der Waals surface area contributed by atoms with Crippen LogP contribution in [0.1, 0.15) is 25.7 Å². The number of rotatable bonds is 5. The fourth-order valence-corrected chi connectivity index (χ4v) is 5.22. The third-order valence-electron chi connectivity index (χ3n) is 3.79. The summed E-state index contributed by atoms with van der Waals surface area (Å²) in [6.45, 7) is 0. The third-order valence-corrected chi connectivity index (χ3v) is 6.47. The third kappa shape index (κ3) is 3.84. The number of nitrogens with one attached hydrogen (secondary N) is 1. The van der Waals surface area contributed by atoms with Gasteiger partial charge in [0.25, 0.3) is 0 Å². The monoisotopic (exact) mass is 330 g/mol. The van der Waals surface area contributed by atoms with Crippen LogP contribution in [0.25, 0.3) is 0 Å². The van der Waals surface area contributed by atoms with Gasteiger partial charge in [0.2, 0.25) is 10.0 Å². The van der Waals surface area contributed by atoms with E-state index in [4.69, 9.17) is 10.5 Å². The lowest BCUT2D eigenvalue weighted by atomic mass is 9.96. The van der Waals surface area contributed by atoms with Gasteiger partial charge in [-0.2, -0.15) is 11.8 Å². The van der Waals surface area contributed by atoms with E-state index in [1.165, 1.54) is 13.2 Å². The second kappa shape index (κ2) is 6.89. The van der Waals surface area contributed by atoms with Crippen LogP contribution in [-0.4, -0.2) is 33.1 Å². The Bertz CT molecular complexity index is 590. The van der Waals surface area contributed by atoms with Gasteiger partial charge in [0.15, 0.2) is 0 Å². The molecule has 1 aliphatic carbocycles. The lowest BCUT2D eigenvalue weighted by Crippen LogP contribution is -2.43. The first-order valence-electron chi connectivity index (χ1n) is 6.96. The van der Waals surface area contributed by atoms with Gasteiger partial charge < -0.3 is 10.5 Å². The number of methoxy groups -OCH3 is 1. The molecule has 0 amide bonds. The van der Waals surface area contributed by atoms with E-state index < -0.39 is 10.0 Å². The second-order valence-electron chi connectivity index (χ2n) is 5.20. The molecule has 0 heterocycles. The number of benzene rings is 1. The summed E-state index contributed by atoms with van der Waals surface area (Å²) < 4.78 is 33.3. The molecule has 0 saturated heterocycles. The van der Waals surface area contributed by atoms with Crippen molar-refractivity contribution in [3.63, 3.8) is 0 Å². The SMILES string of the molecule is COc1ccc(N)cc1S(=O)(=O)NC1CCCCC1SC. The summed E-state index contributed by atoms with van der Waals surface area (Å²) >= 11 is 1.72. The van der Waals surface area contributed by atoms with Crippen LogP contribution < -0.4 is 15.2 Å². The number of hydrogen-bond donors (Lipinski definition) is 2. The van der Waals surface area contributed by atoms with E-state index in [2.05, 4.69) is 4.72 Å². The van der Waals surface area contributed by atoms with Crippen LogP contribution in [0.4, 0.5) is 5.69 Å². The minimum Gasteiger partial charge on any atom is -0.495 e. The van der Waals surface area contributed by atoms with E-state index in [0.29, 0.717) is 16.7 Å². The molecule has 1 aromatic carbocycles. The molecule has 2 atom stereocenters. The van der Waals surface area contributed by atoms with Gasteiger partial charge in [-0.15, -0.1) is 0 Å². The molecular formula is C14H22N2O3S2. The Morgan fingerprint density at radius 1 is 1.33 bits per heavy atom. The molecule has 0 bridgehead atoms. The maximum Gasteiger partial charge on any atom is 0.244 e. The Balaban J connectivity index is 2.27. The van der Waals surface area contributed by atoms with Crippen LogP contribution in [0, 0.1) is 0 Å². The molecule has 1 saturated carbocycles. The summed E-state index contributed by atoms with van der Waals surface area (Å²) in [4.78, 5) is 0.107. The Morgan fingerprint density at radius 2 is 2.05 bits per heavy atom. The smallest absolute Gasteiger partial charge is 0.244 e. The van der Waals surface area contributed by atoms with Gasteiger partial charge in [0.05, 0.1) is 7.11 Å². The fraction of sp³-hybridized carbons (Fsp3) is 0.571. The van der Waals surface area contributed by atoms with Crippen LogP contribution in [0.5, 0.6) is 5.75 Å². The molecule has 0 spiro atoms. The summed E-state index contributed by atoms with van der Waals surface area (Å²) in [6.07, 6.45) is 6.15. The molecule has 21 heavy (non-hydrogen) atoms. The van der Waals surface area contributed by atoms with Crippen molar-refractivity contribution in [1.82, 2.24) is 4.72 Å². The van der Waals surface area contributed by atoms with E-state index in [0.717, 1.165) is 25.7 Å². The average Bonchev–Trinajstić information content (AvgIpc) is 2.47. The Morgan fingerprint density at radius 3 is 2.71 bits per heavy atom. The average molecular weight is 330 g/mol. The summed E-state index contributed by atoms with van der Waals surface area (Å²) in [5.74, 6) is 0.313. The largest absolute Gasteiger partial charge is 0.495 e. The Labute approximate surface area is 130 Å². The van der Waals surface area contributed by atoms with E-state index in [-0.39, 0.29) is 10.9 Å². The first-order valence-corrected chi connectivity index (χ1v) is 9.73. The van der Waals surface area contributed by atoms with Gasteiger partial charge in [-0.3, -0.25) is 0 Å². The van der Waals surface area contributed by atoms with Crippen LogP contribution in [0.15, 0.2) is 23.1 Å². The first-order chi connectivity index (χ1) is 9.97. The number of ether oxygens (including phenoxy) is 1. The topological polar surface area (TPSA) is 81.4 Å². The van der Waals surface area contributed by atoms with E-state index in [9.17, 15) is 8.42 Å². The van der Waals surface area contributed by atoms with Crippen molar-refractivity contribution in [1.29, 1.82) is 0 Å². The quantitative estimate of drug-likeness (QED) is 0.809. The Kier molecular flexibility index (Phi) is 5.40. The van der Waals surface area contributed by atoms with Crippen molar-refractivity contribution in [3.05, 3.63) is 18.2 Å². The summed E-state index contributed by atoms with van der Waals surface area (Å²) in [6, 6.07) is 4.61. The van der Waals surface area contributed by atoms with Gasteiger partial charge >= 0.3 is 0 Å². The number of anilines is 1. The highest BCUT2D eigenvalue weighted by molar-refractivity contribution is 7.99. The zero-order valence-electron chi connectivity index (χ0n) is 12.3. The van der Waals surface area contributed by atoms with Crippen LogP contribution in [0.3, 0.4) is 0 Å². The molecular weight excluding hydrogens is 308 g/mol. The summed E-state index contributed by atoms with van der Waals surface area (Å²) in [5.41, 5.74) is 6.12. The fourth-order valence-electron chi connectivity index (χ4n) is 2.68. The molecule has 5 nitrogen and oxygen atoms in total. The molecule has 1 aliphatic rings. The normalized spacial score (nSPS) is 23.0. The molecule has 7 heteroatoms. The van der Waals surface area contributed by atoms with Crippen LogP contribution in [0.2, 0.25) is 0 Å². The van der Waals surface area contributed by atoms with Crippen LogP contribution in [-0.2, 0) is 10.0 Å². The minimum absolute atomic E-state index is 0.0371. The number of nitrogens with two attached hydrogens (primary N) is 1. The molecule has 2 unspecified atom stereocenters. The maximum absolute atomic E-state index is 12.6. The number of thioether (sulfide) groups is 1. The highest BCUT2D eigenvalue weighted by Crippen LogP contribution is 2.30. The van der Waals surface area contributed by atoms with Gasteiger partial charge in [-0.1, -0.05) is 12.8 Å². The number of sulfonamides is 1. The minimum atomic E-state index is -3.64. The van der Waals surface area contributed by atoms with Crippen molar-refractivity contribution < 1.29 is 13.2 Å². The van der Waals surface area contributed by atoms with Crippen molar-refractivity contribution in [3.8, 4) is 5.75 Å². The van der Waals surface area contributed by atoms with Crippen molar-refractivity contribution in [2.45, 2.75) is 41.9 Å². The van der Waals surface area contributed by atoms with Gasteiger partial charge in [-0.25, -0.2) is 13.1 Å². The molecule has 0 aliphatic heterocycles. The number of hydrogen-bond acceptors (Lipinski definition) is 5. The van der Waals surface area contributed by atoms with E-state index in [1.807, 2.05) is 6.26 Å². The molecule has 3 N–H and O–H groups in total. The zero-order chi connectivity index (χ0) is 15.5. The molecule has 0 radical (unpaired) electrons. The van der Waals surface area contributed by atoms with E-state index >= 15 is 0 Å². The standard InChI is InChI=1S/C14H22N2O3S2/c1-19-12-8-7-10(15)9-14(12)21(17,18)16-11-5-3-4-6-13(11)20-2/h7-9,11,13,16H,3-6,15H2,1-2H3. The molecule has 2 rings (SSSR count). The summed E-state index contributed by atoms with van der Waals surface area (Å²) in [7, 11) is -2.18. The lowest BCUT2D eigenvalue weighted by molar-refractivity contribution is 0.399. The highest BCUT2D eigenvalue weighted by Gasteiger charge is 2.30. The zero-order valence-corrected chi connectivity index (χ0v) is 14.0. The predicted octanol–water partition coefficient (Wildman–Crippen LogP) is 2.23. The van der Waals surface area contributed by atoms with Gasteiger partial charge in [0.1, 0.15) is 10.6 Å². The van der Waals surface area contributed by atoms with Gasteiger partial charge in [-0.05, 0) is 37.3 Å². The van der Waals surface area contributed by atoms with Crippen molar-refractivity contribution in [2.24, 2.45) is 0 Å². The molecule has 118 valence electrons. The maximum atomic E-state index is 12.6. The predicted molar refractivity (Wildman–Crippen MR) is 87.3 cm³/mol. The first kappa shape index (κ1) is 16.5. The number of nitrogen functional groups attached to an aromatic ring is 1. The molecule has 1 aromatic rings. The van der Waals surface area contributed by atoms with Crippen molar-refractivity contribution in [2.75, 3.05) is 19.1 Å². The van der Waals surface area contributed by atoms with Crippen molar-refractivity contribution >= 4 is 27.5 Å². The lowest BCUT2D eigenvalue weighted by Gasteiger charge is -2.30. The summed E-state index contributed by atoms with van der Waals surface area (Å²) in [5, 5.41) is 0.320. The second-order valence-corrected chi connectivity index (χ2v) is 7.96. The molecule has 0 aromatic heterocycles. The highest BCUT2D eigenvalue weighted by atomic mass is 32.2. The Hall–Kier alpha value is -0.920. The van der Waals surface area contributed by atoms with Crippen LogP contribution >= 0.6 is 11.8 Å². The van der Waals surface area contributed by atoms with E-state index in [1.54, 1.807) is 23.9 Å².